The van der Waals surface area contributed by atoms with Gasteiger partial charge in [0.25, 0.3) is 0 Å². The molecule has 0 amide bonds. The Kier molecular flexibility index (Phi) is 6.50. The third-order valence-electron chi connectivity index (χ3n) is 2.71. The van der Waals surface area contributed by atoms with Crippen molar-refractivity contribution in [1.29, 1.82) is 0 Å². The Morgan fingerprint density at radius 1 is 1.45 bits per heavy atom. The topological polar surface area (TPSA) is 93.0 Å². The van der Waals surface area contributed by atoms with Crippen LogP contribution >= 0.6 is 11.8 Å². The van der Waals surface area contributed by atoms with Crippen LogP contribution in [0.25, 0.3) is 0 Å². The summed E-state index contributed by atoms with van der Waals surface area (Å²) in [5, 5.41) is 17.3. The van der Waals surface area contributed by atoms with Gasteiger partial charge in [-0.3, -0.25) is 10.1 Å². The Morgan fingerprint density at radius 2 is 2.15 bits per heavy atom. The van der Waals surface area contributed by atoms with Crippen LogP contribution in [0.5, 0.6) is 0 Å². The van der Waals surface area contributed by atoms with Gasteiger partial charge >= 0.3 is 5.69 Å². The van der Waals surface area contributed by atoms with Gasteiger partial charge in [0.05, 0.1) is 4.92 Å². The SMILES string of the molecule is CCNc1nc(C)c([N+](=O)[O-])c(NC(C)CCSC)n1. The molecule has 8 heteroatoms. The van der Waals surface area contributed by atoms with Gasteiger partial charge in [0.2, 0.25) is 11.8 Å². The van der Waals surface area contributed by atoms with Gasteiger partial charge in [-0.05, 0) is 39.2 Å². The molecule has 0 aliphatic rings. The van der Waals surface area contributed by atoms with E-state index in [0.29, 0.717) is 18.2 Å². The summed E-state index contributed by atoms with van der Waals surface area (Å²) in [4.78, 5) is 19.0. The third-order valence-corrected chi connectivity index (χ3v) is 3.36. The zero-order chi connectivity index (χ0) is 15.1. The van der Waals surface area contributed by atoms with E-state index < -0.39 is 4.92 Å². The Balaban J connectivity index is 3.03. The van der Waals surface area contributed by atoms with Crippen LogP contribution in [0.3, 0.4) is 0 Å². The van der Waals surface area contributed by atoms with Crippen LogP contribution in [0.2, 0.25) is 0 Å². The van der Waals surface area contributed by atoms with E-state index in [1.807, 2.05) is 20.1 Å². The molecule has 0 aliphatic heterocycles. The maximum absolute atomic E-state index is 11.2. The number of anilines is 2. The molecule has 0 bridgehead atoms. The summed E-state index contributed by atoms with van der Waals surface area (Å²) < 4.78 is 0. The van der Waals surface area contributed by atoms with Crippen LogP contribution in [-0.2, 0) is 0 Å². The average Bonchev–Trinajstić information content (AvgIpc) is 2.35. The minimum atomic E-state index is -0.436. The second kappa shape index (κ2) is 7.88. The number of nitrogens with zero attached hydrogens (tertiary/aromatic N) is 3. The maximum atomic E-state index is 11.2. The fraction of sp³-hybridized carbons (Fsp3) is 0.667. The first-order valence-electron chi connectivity index (χ1n) is 6.52. The number of aromatic nitrogens is 2. The lowest BCUT2D eigenvalue weighted by atomic mass is 10.2. The largest absolute Gasteiger partial charge is 0.362 e. The summed E-state index contributed by atoms with van der Waals surface area (Å²) in [6.07, 6.45) is 2.95. The second-order valence-electron chi connectivity index (χ2n) is 4.44. The number of thioether (sulfide) groups is 1. The predicted molar refractivity (Wildman–Crippen MR) is 83.7 cm³/mol. The molecule has 1 unspecified atom stereocenters. The molecule has 1 aromatic rings. The standard InChI is InChI=1S/C12H21N5O2S/c1-5-13-12-15-9(3)10(17(18)19)11(16-12)14-8(2)6-7-20-4/h8H,5-7H2,1-4H3,(H2,13,14,15,16). The number of nitro groups is 1. The van der Waals surface area contributed by atoms with E-state index in [1.54, 1.807) is 18.7 Å². The molecule has 20 heavy (non-hydrogen) atoms. The van der Waals surface area contributed by atoms with E-state index in [-0.39, 0.29) is 17.5 Å². The van der Waals surface area contributed by atoms with Crippen molar-refractivity contribution >= 4 is 29.2 Å². The Labute approximate surface area is 123 Å². The Bertz CT molecular complexity index is 469. The average molecular weight is 299 g/mol. The molecule has 0 saturated carbocycles. The molecule has 2 N–H and O–H groups in total. The number of hydrogen-bond donors (Lipinski definition) is 2. The number of aryl methyl sites for hydroxylation is 1. The smallest absolute Gasteiger partial charge is 0.332 e. The van der Waals surface area contributed by atoms with E-state index in [4.69, 9.17) is 0 Å². The lowest BCUT2D eigenvalue weighted by Gasteiger charge is -2.15. The normalized spacial score (nSPS) is 12.0. The van der Waals surface area contributed by atoms with Crippen molar-refractivity contribution in [2.45, 2.75) is 33.2 Å². The summed E-state index contributed by atoms with van der Waals surface area (Å²) in [5.41, 5.74) is 0.308. The van der Waals surface area contributed by atoms with Crippen molar-refractivity contribution in [3.63, 3.8) is 0 Å². The molecule has 0 fully saturated rings. The van der Waals surface area contributed by atoms with Crippen LogP contribution in [0.4, 0.5) is 17.5 Å². The molecular weight excluding hydrogens is 278 g/mol. The van der Waals surface area contributed by atoms with Gasteiger partial charge in [-0.2, -0.15) is 16.7 Å². The number of hydrogen-bond acceptors (Lipinski definition) is 7. The summed E-state index contributed by atoms with van der Waals surface area (Å²) in [6.45, 7) is 6.20. The lowest BCUT2D eigenvalue weighted by molar-refractivity contribution is -0.385. The summed E-state index contributed by atoms with van der Waals surface area (Å²) >= 11 is 1.75. The van der Waals surface area contributed by atoms with Crippen molar-refractivity contribution in [3.8, 4) is 0 Å². The van der Waals surface area contributed by atoms with E-state index in [1.165, 1.54) is 0 Å². The molecule has 1 heterocycles. The van der Waals surface area contributed by atoms with Gasteiger partial charge in [0.15, 0.2) is 0 Å². The molecule has 0 aliphatic carbocycles. The molecule has 1 atom stereocenters. The van der Waals surface area contributed by atoms with Crippen LogP contribution in [-0.4, -0.2) is 39.5 Å². The van der Waals surface area contributed by atoms with E-state index in [0.717, 1.165) is 12.2 Å². The first-order valence-corrected chi connectivity index (χ1v) is 7.91. The van der Waals surface area contributed by atoms with Crippen molar-refractivity contribution in [2.75, 3.05) is 29.2 Å². The number of nitrogens with one attached hydrogen (secondary N) is 2. The van der Waals surface area contributed by atoms with E-state index in [2.05, 4.69) is 20.6 Å². The lowest BCUT2D eigenvalue weighted by Crippen LogP contribution is -2.19. The van der Waals surface area contributed by atoms with Gasteiger partial charge in [-0.1, -0.05) is 0 Å². The van der Waals surface area contributed by atoms with E-state index in [9.17, 15) is 10.1 Å². The highest BCUT2D eigenvalue weighted by molar-refractivity contribution is 7.98. The van der Waals surface area contributed by atoms with Gasteiger partial charge in [-0.15, -0.1) is 0 Å². The van der Waals surface area contributed by atoms with Gasteiger partial charge in [0, 0.05) is 12.6 Å². The molecule has 0 saturated heterocycles. The van der Waals surface area contributed by atoms with Crippen LogP contribution in [0.1, 0.15) is 26.0 Å². The number of rotatable bonds is 8. The Morgan fingerprint density at radius 3 is 2.70 bits per heavy atom. The highest BCUT2D eigenvalue weighted by Gasteiger charge is 2.22. The van der Waals surface area contributed by atoms with Gasteiger partial charge in [-0.25, -0.2) is 4.98 Å². The van der Waals surface area contributed by atoms with E-state index >= 15 is 0 Å². The fourth-order valence-electron chi connectivity index (χ4n) is 1.72. The molecular formula is C12H21N5O2S. The minimum Gasteiger partial charge on any atom is -0.362 e. The van der Waals surface area contributed by atoms with Crippen LogP contribution in [0, 0.1) is 17.0 Å². The Hall–Kier alpha value is -1.57. The third kappa shape index (κ3) is 4.52. The zero-order valence-electron chi connectivity index (χ0n) is 12.3. The van der Waals surface area contributed by atoms with Crippen molar-refractivity contribution in [1.82, 2.24) is 9.97 Å². The summed E-state index contributed by atoms with van der Waals surface area (Å²) in [7, 11) is 0. The summed E-state index contributed by atoms with van der Waals surface area (Å²) in [6, 6.07) is 0.116. The van der Waals surface area contributed by atoms with Crippen molar-refractivity contribution in [3.05, 3.63) is 15.8 Å². The molecule has 1 rings (SSSR count). The molecule has 0 spiro atoms. The minimum absolute atomic E-state index is 0.0531. The molecule has 0 radical (unpaired) electrons. The zero-order valence-corrected chi connectivity index (χ0v) is 13.1. The van der Waals surface area contributed by atoms with Crippen molar-refractivity contribution < 1.29 is 4.92 Å². The van der Waals surface area contributed by atoms with Gasteiger partial charge in [0.1, 0.15) is 5.69 Å². The monoisotopic (exact) mass is 299 g/mol. The maximum Gasteiger partial charge on any atom is 0.332 e. The highest BCUT2D eigenvalue weighted by Crippen LogP contribution is 2.27. The molecule has 0 aromatic carbocycles. The first-order chi connectivity index (χ1) is 9.49. The molecule has 112 valence electrons. The van der Waals surface area contributed by atoms with Crippen molar-refractivity contribution in [2.24, 2.45) is 0 Å². The fourth-order valence-corrected chi connectivity index (χ4v) is 2.31. The van der Waals surface area contributed by atoms with Crippen LogP contribution in [0.15, 0.2) is 0 Å². The van der Waals surface area contributed by atoms with Crippen LogP contribution < -0.4 is 10.6 Å². The first kappa shape index (κ1) is 16.5. The quantitative estimate of drug-likeness (QED) is 0.563. The predicted octanol–water partition coefficient (Wildman–Crippen LogP) is 2.68. The van der Waals surface area contributed by atoms with Gasteiger partial charge < -0.3 is 10.6 Å². The molecule has 1 aromatic heterocycles. The summed E-state index contributed by atoms with van der Waals surface area (Å²) in [5.74, 6) is 1.69. The second-order valence-corrected chi connectivity index (χ2v) is 5.43. The molecule has 7 nitrogen and oxygen atoms in total. The highest BCUT2D eigenvalue weighted by atomic mass is 32.2.